The van der Waals surface area contributed by atoms with Crippen LogP contribution in [0, 0.1) is 0 Å². The average Bonchev–Trinajstić information content (AvgIpc) is 2.66. The summed E-state index contributed by atoms with van der Waals surface area (Å²) >= 11 is 0. The fourth-order valence-electron chi connectivity index (χ4n) is 2.53. The van der Waals surface area contributed by atoms with Crippen LogP contribution in [0.2, 0.25) is 0 Å². The van der Waals surface area contributed by atoms with Crippen molar-refractivity contribution in [2.45, 2.75) is 13.3 Å². The maximum Gasteiger partial charge on any atom is 0.338 e. The van der Waals surface area contributed by atoms with Crippen LogP contribution >= 0.6 is 0 Å². The minimum absolute atomic E-state index is 0.206. The number of rotatable bonds is 9. The molecule has 0 heterocycles. The minimum atomic E-state index is -3.54. The van der Waals surface area contributed by atoms with Crippen molar-refractivity contribution < 1.29 is 22.7 Å². The Bertz CT molecular complexity index is 896. The van der Waals surface area contributed by atoms with Gasteiger partial charge in [-0.1, -0.05) is 30.3 Å². The molecule has 0 spiro atoms. The average molecular weight is 404 g/mol. The Morgan fingerprint density at radius 1 is 1.04 bits per heavy atom. The molecule has 0 atom stereocenters. The molecule has 8 heteroatoms. The highest BCUT2D eigenvalue weighted by Crippen LogP contribution is 2.11. The highest BCUT2D eigenvalue weighted by atomic mass is 32.2. The Labute approximate surface area is 165 Å². The van der Waals surface area contributed by atoms with E-state index >= 15 is 0 Å². The van der Waals surface area contributed by atoms with Gasteiger partial charge in [0.15, 0.2) is 0 Å². The molecule has 2 rings (SSSR count). The number of anilines is 1. The molecular weight excluding hydrogens is 380 g/mol. The van der Waals surface area contributed by atoms with E-state index in [4.69, 9.17) is 4.74 Å². The van der Waals surface area contributed by atoms with Crippen LogP contribution in [0.15, 0.2) is 54.6 Å². The highest BCUT2D eigenvalue weighted by molar-refractivity contribution is 7.88. The molecule has 0 aliphatic heterocycles. The Hall–Kier alpha value is -2.71. The predicted octanol–water partition coefficient (Wildman–Crippen LogP) is 2.31. The van der Waals surface area contributed by atoms with Gasteiger partial charge in [0, 0.05) is 12.2 Å². The number of ether oxygens (including phenoxy) is 1. The zero-order chi connectivity index (χ0) is 20.6. The normalized spacial score (nSPS) is 11.2. The van der Waals surface area contributed by atoms with E-state index in [-0.39, 0.29) is 19.7 Å². The van der Waals surface area contributed by atoms with Gasteiger partial charge >= 0.3 is 5.97 Å². The molecule has 0 aliphatic carbocycles. The number of carbonyl (C=O) groups excluding carboxylic acids is 2. The van der Waals surface area contributed by atoms with Crippen LogP contribution in [-0.4, -0.2) is 50.6 Å². The fraction of sp³-hybridized carbons (Fsp3) is 0.300. The van der Waals surface area contributed by atoms with Gasteiger partial charge in [-0.25, -0.2) is 13.2 Å². The summed E-state index contributed by atoms with van der Waals surface area (Å²) in [7, 11) is -3.54. The van der Waals surface area contributed by atoms with Gasteiger partial charge in [0.2, 0.25) is 15.9 Å². The monoisotopic (exact) mass is 404 g/mol. The largest absolute Gasteiger partial charge is 0.462 e. The van der Waals surface area contributed by atoms with Crippen molar-refractivity contribution in [2.75, 3.05) is 31.3 Å². The molecule has 2 aromatic rings. The van der Waals surface area contributed by atoms with Crippen LogP contribution in [-0.2, 0) is 26.0 Å². The molecule has 1 N–H and O–H groups in total. The number of sulfonamides is 1. The highest BCUT2D eigenvalue weighted by Gasteiger charge is 2.20. The summed E-state index contributed by atoms with van der Waals surface area (Å²) < 4.78 is 30.1. The van der Waals surface area contributed by atoms with Crippen molar-refractivity contribution in [1.82, 2.24) is 4.31 Å². The number of amides is 1. The van der Waals surface area contributed by atoms with Crippen LogP contribution in [0.25, 0.3) is 0 Å². The quantitative estimate of drug-likeness (QED) is 0.648. The Morgan fingerprint density at radius 3 is 2.25 bits per heavy atom. The maximum absolute atomic E-state index is 12.3. The van der Waals surface area contributed by atoms with E-state index in [0.717, 1.165) is 16.1 Å². The summed E-state index contributed by atoms with van der Waals surface area (Å²) in [4.78, 5) is 23.9. The summed E-state index contributed by atoms with van der Waals surface area (Å²) in [5.41, 5.74) is 1.83. The summed E-state index contributed by atoms with van der Waals surface area (Å²) in [5, 5.41) is 2.64. The van der Waals surface area contributed by atoms with Crippen molar-refractivity contribution in [1.29, 1.82) is 0 Å². The topological polar surface area (TPSA) is 92.8 Å². The van der Waals surface area contributed by atoms with Crippen molar-refractivity contribution in [3.8, 4) is 0 Å². The lowest BCUT2D eigenvalue weighted by Crippen LogP contribution is -2.38. The molecule has 2 aromatic carbocycles. The van der Waals surface area contributed by atoms with E-state index in [2.05, 4.69) is 5.32 Å². The van der Waals surface area contributed by atoms with Gasteiger partial charge in [0.05, 0.1) is 25.0 Å². The first-order valence-corrected chi connectivity index (χ1v) is 10.7. The molecule has 28 heavy (non-hydrogen) atoms. The number of benzene rings is 2. The lowest BCUT2D eigenvalue weighted by atomic mass is 10.1. The third-order valence-corrected chi connectivity index (χ3v) is 5.21. The SMILES string of the molecule is CCOC(=O)c1ccc(NC(=O)CN(CCc2ccccc2)S(C)(=O)=O)cc1. The molecule has 0 aliphatic rings. The van der Waals surface area contributed by atoms with Crippen LogP contribution < -0.4 is 5.32 Å². The molecule has 0 fully saturated rings. The second-order valence-electron chi connectivity index (χ2n) is 6.18. The van der Waals surface area contributed by atoms with Gasteiger partial charge in [0.1, 0.15) is 0 Å². The minimum Gasteiger partial charge on any atom is -0.462 e. The molecular formula is C20H24N2O5S. The van der Waals surface area contributed by atoms with E-state index in [0.29, 0.717) is 17.7 Å². The second-order valence-corrected chi connectivity index (χ2v) is 8.16. The third-order valence-electron chi connectivity index (χ3n) is 3.96. The lowest BCUT2D eigenvalue weighted by Gasteiger charge is -2.19. The molecule has 0 unspecified atom stereocenters. The summed E-state index contributed by atoms with van der Waals surface area (Å²) in [6.45, 7) is 1.92. The van der Waals surface area contributed by atoms with Crippen molar-refractivity contribution >= 4 is 27.6 Å². The summed E-state index contributed by atoms with van der Waals surface area (Å²) in [6, 6.07) is 15.7. The molecule has 0 saturated carbocycles. The van der Waals surface area contributed by atoms with Crippen molar-refractivity contribution in [3.05, 3.63) is 65.7 Å². The Morgan fingerprint density at radius 2 is 1.68 bits per heavy atom. The molecule has 150 valence electrons. The molecule has 7 nitrogen and oxygen atoms in total. The number of hydrogen-bond donors (Lipinski definition) is 1. The van der Waals surface area contributed by atoms with E-state index in [1.165, 1.54) is 12.1 Å². The summed E-state index contributed by atoms with van der Waals surface area (Å²) in [6.07, 6.45) is 1.59. The smallest absolute Gasteiger partial charge is 0.338 e. The van der Waals surface area contributed by atoms with Crippen LogP contribution in [0.1, 0.15) is 22.8 Å². The van der Waals surface area contributed by atoms with Crippen LogP contribution in [0.4, 0.5) is 5.69 Å². The lowest BCUT2D eigenvalue weighted by molar-refractivity contribution is -0.116. The van der Waals surface area contributed by atoms with Gasteiger partial charge in [0.25, 0.3) is 0 Å². The van der Waals surface area contributed by atoms with Crippen molar-refractivity contribution in [2.24, 2.45) is 0 Å². The third kappa shape index (κ3) is 6.79. The Balaban J connectivity index is 1.96. The molecule has 0 bridgehead atoms. The first kappa shape index (κ1) is 21.6. The van der Waals surface area contributed by atoms with Gasteiger partial charge in [-0.15, -0.1) is 0 Å². The second kappa shape index (κ2) is 10.0. The molecule has 0 aromatic heterocycles. The number of esters is 1. The number of nitrogens with zero attached hydrogens (tertiary/aromatic N) is 1. The molecule has 1 amide bonds. The predicted molar refractivity (Wildman–Crippen MR) is 108 cm³/mol. The molecule has 0 saturated heterocycles. The Kier molecular flexibility index (Phi) is 7.71. The first-order chi connectivity index (χ1) is 13.3. The first-order valence-electron chi connectivity index (χ1n) is 8.85. The maximum atomic E-state index is 12.3. The van der Waals surface area contributed by atoms with Crippen LogP contribution in [0.5, 0.6) is 0 Å². The number of hydrogen-bond acceptors (Lipinski definition) is 5. The van der Waals surface area contributed by atoms with Gasteiger partial charge in [-0.3, -0.25) is 4.79 Å². The van der Waals surface area contributed by atoms with E-state index in [1.54, 1.807) is 19.1 Å². The van der Waals surface area contributed by atoms with E-state index in [9.17, 15) is 18.0 Å². The zero-order valence-corrected chi connectivity index (χ0v) is 16.7. The van der Waals surface area contributed by atoms with Crippen molar-refractivity contribution in [3.63, 3.8) is 0 Å². The molecule has 0 radical (unpaired) electrons. The van der Waals surface area contributed by atoms with E-state index in [1.807, 2.05) is 30.3 Å². The fourth-order valence-corrected chi connectivity index (χ4v) is 3.30. The van der Waals surface area contributed by atoms with Gasteiger partial charge < -0.3 is 10.1 Å². The van der Waals surface area contributed by atoms with Gasteiger partial charge in [-0.05, 0) is 43.2 Å². The van der Waals surface area contributed by atoms with Crippen LogP contribution in [0.3, 0.4) is 0 Å². The zero-order valence-electron chi connectivity index (χ0n) is 15.9. The number of nitrogens with one attached hydrogen (secondary N) is 1. The summed E-state index contributed by atoms with van der Waals surface area (Å²) in [5.74, 6) is -0.896. The van der Waals surface area contributed by atoms with E-state index < -0.39 is 21.9 Å². The standard InChI is InChI=1S/C20H24N2O5S/c1-3-27-20(24)17-9-11-18(12-10-17)21-19(23)15-22(28(2,25)26)14-13-16-7-5-4-6-8-16/h4-12H,3,13-15H2,1-2H3,(H,21,23). The van der Waals surface area contributed by atoms with Gasteiger partial charge in [-0.2, -0.15) is 4.31 Å². The number of carbonyl (C=O) groups is 2.